The Labute approximate surface area is 168 Å². The van der Waals surface area contributed by atoms with Gasteiger partial charge in [-0.15, -0.1) is 0 Å². The maximum absolute atomic E-state index is 11.5. The van der Waals surface area contributed by atoms with Gasteiger partial charge in [0.05, 0.1) is 29.6 Å². The predicted octanol–water partition coefficient (Wildman–Crippen LogP) is 4.91. The SMILES string of the molecule is COC(=O)c1ccc(/C=C/c2cccc(/C=C/c3ccc(C(=O)O)cc3)n2)cc1. The number of hydrogen-bond donors (Lipinski definition) is 1. The minimum Gasteiger partial charge on any atom is -0.478 e. The molecule has 1 heterocycles. The summed E-state index contributed by atoms with van der Waals surface area (Å²) < 4.78 is 4.69. The molecular weight excluding hydrogens is 366 g/mol. The number of benzene rings is 2. The summed E-state index contributed by atoms with van der Waals surface area (Å²) in [5, 5.41) is 8.94. The number of aromatic carboxylic acids is 1. The number of nitrogens with zero attached hydrogens (tertiary/aromatic N) is 1. The van der Waals surface area contributed by atoms with Gasteiger partial charge in [0, 0.05) is 0 Å². The number of rotatable bonds is 6. The van der Waals surface area contributed by atoms with E-state index in [0.717, 1.165) is 22.5 Å². The molecule has 29 heavy (non-hydrogen) atoms. The fraction of sp³-hybridized carbons (Fsp3) is 0.0417. The predicted molar refractivity (Wildman–Crippen MR) is 113 cm³/mol. The van der Waals surface area contributed by atoms with E-state index in [2.05, 4.69) is 4.98 Å². The third-order valence-electron chi connectivity index (χ3n) is 4.17. The highest BCUT2D eigenvalue weighted by Gasteiger charge is 2.03. The maximum atomic E-state index is 11.5. The van der Waals surface area contributed by atoms with Crippen molar-refractivity contribution in [2.45, 2.75) is 0 Å². The molecule has 0 aliphatic carbocycles. The van der Waals surface area contributed by atoms with Crippen molar-refractivity contribution in [1.29, 1.82) is 0 Å². The molecule has 0 aliphatic heterocycles. The monoisotopic (exact) mass is 385 g/mol. The summed E-state index contributed by atoms with van der Waals surface area (Å²) >= 11 is 0. The van der Waals surface area contributed by atoms with Crippen LogP contribution in [-0.4, -0.2) is 29.1 Å². The van der Waals surface area contributed by atoms with Gasteiger partial charge in [-0.2, -0.15) is 0 Å². The number of hydrogen-bond acceptors (Lipinski definition) is 4. The van der Waals surface area contributed by atoms with Gasteiger partial charge >= 0.3 is 11.9 Å². The van der Waals surface area contributed by atoms with E-state index in [0.29, 0.717) is 5.56 Å². The Balaban J connectivity index is 1.69. The molecule has 0 fully saturated rings. The molecule has 2 aromatic carbocycles. The average molecular weight is 385 g/mol. The number of carbonyl (C=O) groups excluding carboxylic acids is 1. The van der Waals surface area contributed by atoms with E-state index in [4.69, 9.17) is 9.84 Å². The van der Waals surface area contributed by atoms with Crippen LogP contribution in [0, 0.1) is 0 Å². The van der Waals surface area contributed by atoms with Gasteiger partial charge in [-0.05, 0) is 59.7 Å². The summed E-state index contributed by atoms with van der Waals surface area (Å²) in [6, 6.07) is 19.5. The molecule has 1 N–H and O–H groups in total. The zero-order chi connectivity index (χ0) is 20.6. The van der Waals surface area contributed by atoms with Crippen LogP contribution in [-0.2, 0) is 4.74 Å². The largest absolute Gasteiger partial charge is 0.478 e. The molecule has 0 saturated carbocycles. The van der Waals surface area contributed by atoms with Crippen LogP contribution in [0.5, 0.6) is 0 Å². The Morgan fingerprint density at radius 2 is 1.24 bits per heavy atom. The van der Waals surface area contributed by atoms with Crippen molar-refractivity contribution < 1.29 is 19.4 Å². The van der Waals surface area contributed by atoms with Gasteiger partial charge in [-0.25, -0.2) is 14.6 Å². The van der Waals surface area contributed by atoms with Crippen molar-refractivity contribution >= 4 is 36.2 Å². The molecule has 0 aliphatic rings. The van der Waals surface area contributed by atoms with E-state index < -0.39 is 5.97 Å². The van der Waals surface area contributed by atoms with E-state index in [1.54, 1.807) is 36.4 Å². The average Bonchev–Trinajstić information content (AvgIpc) is 2.76. The summed E-state index contributed by atoms with van der Waals surface area (Å²) in [5.74, 6) is -1.30. The Kier molecular flexibility index (Phi) is 6.32. The third-order valence-corrected chi connectivity index (χ3v) is 4.17. The van der Waals surface area contributed by atoms with E-state index in [1.807, 2.05) is 54.6 Å². The molecule has 0 spiro atoms. The van der Waals surface area contributed by atoms with Gasteiger partial charge in [-0.3, -0.25) is 0 Å². The second-order valence-electron chi connectivity index (χ2n) is 6.19. The summed E-state index contributed by atoms with van der Waals surface area (Å²) in [6.07, 6.45) is 7.57. The number of carboxylic acids is 1. The molecule has 0 unspecified atom stereocenters. The molecule has 1 aromatic heterocycles. The number of pyridine rings is 1. The first kappa shape index (κ1) is 19.8. The van der Waals surface area contributed by atoms with Crippen LogP contribution in [0.3, 0.4) is 0 Å². The van der Waals surface area contributed by atoms with Gasteiger partial charge in [0.15, 0.2) is 0 Å². The third kappa shape index (κ3) is 5.49. The second-order valence-corrected chi connectivity index (χ2v) is 6.19. The van der Waals surface area contributed by atoms with E-state index in [9.17, 15) is 9.59 Å². The first-order chi connectivity index (χ1) is 14.0. The fourth-order valence-corrected chi connectivity index (χ4v) is 2.60. The lowest BCUT2D eigenvalue weighted by atomic mass is 10.1. The molecular formula is C24H19NO4. The minimum absolute atomic E-state index is 0.257. The maximum Gasteiger partial charge on any atom is 0.337 e. The number of aromatic nitrogens is 1. The van der Waals surface area contributed by atoms with Gasteiger partial charge in [0.2, 0.25) is 0 Å². The Morgan fingerprint density at radius 1 is 0.759 bits per heavy atom. The van der Waals surface area contributed by atoms with Crippen molar-refractivity contribution in [3.05, 3.63) is 100 Å². The highest BCUT2D eigenvalue weighted by molar-refractivity contribution is 5.89. The van der Waals surface area contributed by atoms with Gasteiger partial charge in [0.25, 0.3) is 0 Å². The van der Waals surface area contributed by atoms with Gasteiger partial charge < -0.3 is 9.84 Å². The van der Waals surface area contributed by atoms with Crippen molar-refractivity contribution in [2.75, 3.05) is 7.11 Å². The molecule has 0 amide bonds. The minimum atomic E-state index is -0.943. The molecule has 3 rings (SSSR count). The summed E-state index contributed by atoms with van der Waals surface area (Å²) in [7, 11) is 1.36. The topological polar surface area (TPSA) is 76.5 Å². The zero-order valence-corrected chi connectivity index (χ0v) is 15.8. The van der Waals surface area contributed by atoms with Gasteiger partial charge in [0.1, 0.15) is 0 Å². The highest BCUT2D eigenvalue weighted by atomic mass is 16.5. The molecule has 0 atom stereocenters. The molecule has 5 heteroatoms. The standard InChI is InChI=1S/C24H19NO4/c1-29-24(28)20-13-7-18(8-14-20)10-16-22-4-2-3-21(25-22)15-9-17-5-11-19(12-6-17)23(26)27/h2-16H,1H3,(H,26,27)/b15-9+,16-10+. The second kappa shape index (κ2) is 9.28. The first-order valence-corrected chi connectivity index (χ1v) is 8.90. The summed E-state index contributed by atoms with van der Waals surface area (Å²) in [5.41, 5.74) is 4.18. The van der Waals surface area contributed by atoms with Crippen LogP contribution in [0.2, 0.25) is 0 Å². The number of ether oxygens (including phenoxy) is 1. The molecule has 0 saturated heterocycles. The number of carbonyl (C=O) groups is 2. The fourth-order valence-electron chi connectivity index (χ4n) is 2.60. The Bertz CT molecular complexity index is 1060. The summed E-state index contributed by atoms with van der Waals surface area (Å²) in [6.45, 7) is 0. The molecule has 5 nitrogen and oxygen atoms in total. The van der Waals surface area contributed by atoms with Crippen LogP contribution < -0.4 is 0 Å². The van der Waals surface area contributed by atoms with Crippen molar-refractivity contribution in [1.82, 2.24) is 4.98 Å². The molecule has 144 valence electrons. The molecule has 0 radical (unpaired) electrons. The molecule has 3 aromatic rings. The smallest absolute Gasteiger partial charge is 0.337 e. The van der Waals surface area contributed by atoms with Crippen molar-refractivity contribution in [3.8, 4) is 0 Å². The van der Waals surface area contributed by atoms with Crippen LogP contribution in [0.1, 0.15) is 43.2 Å². The Hall–Kier alpha value is -3.99. The van der Waals surface area contributed by atoms with Crippen LogP contribution in [0.25, 0.3) is 24.3 Å². The highest BCUT2D eigenvalue weighted by Crippen LogP contribution is 2.12. The van der Waals surface area contributed by atoms with Crippen molar-refractivity contribution in [3.63, 3.8) is 0 Å². The number of esters is 1. The van der Waals surface area contributed by atoms with Gasteiger partial charge in [-0.1, -0.05) is 42.5 Å². The van der Waals surface area contributed by atoms with Crippen molar-refractivity contribution in [2.24, 2.45) is 0 Å². The molecule has 0 bridgehead atoms. The first-order valence-electron chi connectivity index (χ1n) is 8.90. The lowest BCUT2D eigenvalue weighted by Crippen LogP contribution is -2.00. The van der Waals surface area contributed by atoms with Crippen LogP contribution >= 0.6 is 0 Å². The van der Waals surface area contributed by atoms with Crippen LogP contribution in [0.4, 0.5) is 0 Å². The van der Waals surface area contributed by atoms with E-state index in [1.165, 1.54) is 7.11 Å². The normalized spacial score (nSPS) is 11.1. The van der Waals surface area contributed by atoms with E-state index >= 15 is 0 Å². The zero-order valence-electron chi connectivity index (χ0n) is 15.8. The Morgan fingerprint density at radius 3 is 1.69 bits per heavy atom. The van der Waals surface area contributed by atoms with Crippen LogP contribution in [0.15, 0.2) is 66.7 Å². The number of carboxylic acid groups (broad SMARTS) is 1. The quantitative estimate of drug-likeness (QED) is 0.610. The lowest BCUT2D eigenvalue weighted by Gasteiger charge is -2.00. The lowest BCUT2D eigenvalue weighted by molar-refractivity contribution is 0.0599. The summed E-state index contributed by atoms with van der Waals surface area (Å²) in [4.78, 5) is 26.9. The number of methoxy groups -OCH3 is 1. The van der Waals surface area contributed by atoms with E-state index in [-0.39, 0.29) is 11.5 Å².